The Morgan fingerprint density at radius 1 is 1.21 bits per heavy atom. The van der Waals surface area contributed by atoms with Crippen LogP contribution in [0.3, 0.4) is 0 Å². The molecule has 1 atom stereocenters. The Balaban J connectivity index is 1.47. The molecule has 1 amide bonds. The summed E-state index contributed by atoms with van der Waals surface area (Å²) in [6.07, 6.45) is 0.911. The largest absolute Gasteiger partial charge is 0.384 e. The van der Waals surface area contributed by atoms with Gasteiger partial charge in [0.15, 0.2) is 10.1 Å². The summed E-state index contributed by atoms with van der Waals surface area (Å²) in [4.78, 5) is 27.9. The molecule has 0 saturated carbocycles. The Kier molecular flexibility index (Phi) is 8.21. The van der Waals surface area contributed by atoms with Gasteiger partial charge in [-0.15, -0.1) is 10.2 Å². The van der Waals surface area contributed by atoms with Gasteiger partial charge >= 0.3 is 0 Å². The fourth-order valence-corrected chi connectivity index (χ4v) is 7.04. The first-order chi connectivity index (χ1) is 20.0. The second-order valence-corrected chi connectivity index (χ2v) is 13.6. The summed E-state index contributed by atoms with van der Waals surface area (Å²) in [7, 11) is 0. The molecule has 11 heteroatoms. The van der Waals surface area contributed by atoms with E-state index >= 15 is 0 Å². The van der Waals surface area contributed by atoms with Crippen LogP contribution >= 0.6 is 23.1 Å². The molecule has 0 bridgehead atoms. The maximum atomic E-state index is 13.9. The minimum absolute atomic E-state index is 0.00829. The van der Waals surface area contributed by atoms with E-state index < -0.39 is 11.7 Å². The number of nitrogens with one attached hydrogen (secondary N) is 1. The molecule has 1 unspecified atom stereocenters. The molecule has 8 nitrogen and oxygen atoms in total. The highest BCUT2D eigenvalue weighted by Crippen LogP contribution is 2.50. The van der Waals surface area contributed by atoms with E-state index in [-0.39, 0.29) is 39.9 Å². The van der Waals surface area contributed by atoms with E-state index in [4.69, 9.17) is 5.73 Å². The summed E-state index contributed by atoms with van der Waals surface area (Å²) in [5.41, 5.74) is 10.1. The summed E-state index contributed by atoms with van der Waals surface area (Å²) in [6, 6.07) is 16.3. The normalized spacial score (nSPS) is 18.3. The van der Waals surface area contributed by atoms with Crippen LogP contribution < -0.4 is 16.0 Å². The molecule has 0 spiro atoms. The smallest absolute Gasteiger partial charge is 0.234 e. The molecule has 3 aromatic rings. The van der Waals surface area contributed by atoms with Crippen molar-refractivity contribution in [2.24, 2.45) is 11.1 Å². The molecular formula is C31H31FN6O2S2. The maximum absolute atomic E-state index is 13.9. The van der Waals surface area contributed by atoms with Crippen molar-refractivity contribution in [3.63, 3.8) is 0 Å². The first kappa shape index (κ1) is 29.5. The molecule has 1 aliphatic heterocycles. The second kappa shape index (κ2) is 11.7. The number of Topliss-reactive ketones (excluding diaryl/α,β-unsaturated/α-hetero) is 1. The van der Waals surface area contributed by atoms with E-state index in [2.05, 4.69) is 35.4 Å². The van der Waals surface area contributed by atoms with Crippen LogP contribution in [0.1, 0.15) is 63.5 Å². The number of carbonyl (C=O) groups is 2. The lowest BCUT2D eigenvalue weighted by atomic mass is 9.68. The second-order valence-electron chi connectivity index (χ2n) is 11.5. The van der Waals surface area contributed by atoms with Crippen molar-refractivity contribution in [2.75, 3.05) is 16.0 Å². The average Bonchev–Trinajstić information content (AvgIpc) is 3.40. The van der Waals surface area contributed by atoms with E-state index in [1.807, 2.05) is 38.1 Å². The zero-order valence-corrected chi connectivity index (χ0v) is 25.4. The number of nitrogens with two attached hydrogens (primary N) is 1. The van der Waals surface area contributed by atoms with Crippen LogP contribution in [0.4, 0.5) is 15.2 Å². The SMILES string of the molecule is CC(C)c1ccc(C2C(C#N)=C(N)N(c3nnc(SCC(=O)Nc4ccccc4F)s3)C3=C2C(=O)CC(C)(C)C3)cc1. The standard InChI is InChI=1S/C31H31FN6O2S2/c1-17(2)18-9-11-19(12-10-18)26-20(15-33)28(34)38(23-13-31(3,4)14-24(39)27(23)26)29-36-37-30(42-29)41-16-25(40)35-22-8-6-5-7-21(22)32/h5-12,17,26H,13-14,16,34H2,1-4H3,(H,35,40). The van der Waals surface area contributed by atoms with Gasteiger partial charge in [0.1, 0.15) is 11.6 Å². The van der Waals surface area contributed by atoms with Crippen LogP contribution in [0.2, 0.25) is 0 Å². The van der Waals surface area contributed by atoms with Crippen molar-refractivity contribution in [1.82, 2.24) is 10.2 Å². The topological polar surface area (TPSA) is 125 Å². The molecule has 2 aliphatic rings. The van der Waals surface area contributed by atoms with Crippen LogP contribution in [0.5, 0.6) is 0 Å². The van der Waals surface area contributed by atoms with Crippen LogP contribution in [0.25, 0.3) is 0 Å². The van der Waals surface area contributed by atoms with E-state index in [9.17, 15) is 19.2 Å². The van der Waals surface area contributed by atoms with Gasteiger partial charge in [-0.2, -0.15) is 5.26 Å². The number of para-hydroxylation sites is 1. The van der Waals surface area contributed by atoms with Crippen molar-refractivity contribution < 1.29 is 14.0 Å². The average molecular weight is 603 g/mol. The summed E-state index contributed by atoms with van der Waals surface area (Å²) >= 11 is 2.37. The molecule has 2 aromatic carbocycles. The van der Waals surface area contributed by atoms with Gasteiger partial charge in [-0.3, -0.25) is 14.5 Å². The number of amides is 1. The van der Waals surface area contributed by atoms with Crippen LogP contribution in [-0.2, 0) is 9.59 Å². The molecule has 5 rings (SSSR count). The molecular weight excluding hydrogens is 572 g/mol. The third-order valence-corrected chi connectivity index (χ3v) is 9.42. The molecule has 1 aromatic heterocycles. The molecule has 216 valence electrons. The Labute approximate surface area is 252 Å². The Morgan fingerprint density at radius 2 is 1.93 bits per heavy atom. The molecule has 0 saturated heterocycles. The number of hydrogen-bond donors (Lipinski definition) is 2. The summed E-state index contributed by atoms with van der Waals surface area (Å²) in [6.45, 7) is 8.30. The molecule has 1 aliphatic carbocycles. The minimum atomic E-state index is -0.574. The fourth-order valence-electron chi connectivity index (χ4n) is 5.36. The molecule has 3 N–H and O–H groups in total. The highest BCUT2D eigenvalue weighted by molar-refractivity contribution is 8.01. The number of benzene rings is 2. The van der Waals surface area contributed by atoms with Gasteiger partial charge < -0.3 is 11.1 Å². The van der Waals surface area contributed by atoms with Gasteiger partial charge in [0.2, 0.25) is 11.0 Å². The number of ketones is 1. The van der Waals surface area contributed by atoms with Gasteiger partial charge in [0.05, 0.1) is 29.0 Å². The van der Waals surface area contributed by atoms with E-state index in [1.54, 1.807) is 17.0 Å². The molecule has 0 radical (unpaired) electrons. The highest BCUT2D eigenvalue weighted by Gasteiger charge is 2.45. The number of rotatable bonds is 7. The minimum Gasteiger partial charge on any atom is -0.384 e. The maximum Gasteiger partial charge on any atom is 0.234 e. The number of anilines is 2. The fraction of sp³-hybridized carbons (Fsp3) is 0.323. The molecule has 0 fully saturated rings. The number of nitrogens with zero attached hydrogens (tertiary/aromatic N) is 4. The Hall–Kier alpha value is -4.01. The van der Waals surface area contributed by atoms with Gasteiger partial charge in [0.25, 0.3) is 0 Å². The van der Waals surface area contributed by atoms with E-state index in [1.165, 1.54) is 29.0 Å². The Bertz CT molecular complexity index is 1650. The van der Waals surface area contributed by atoms with Crippen molar-refractivity contribution in [3.8, 4) is 6.07 Å². The first-order valence-electron chi connectivity index (χ1n) is 13.6. The van der Waals surface area contributed by atoms with Gasteiger partial charge in [-0.25, -0.2) is 4.39 Å². The lowest BCUT2D eigenvalue weighted by molar-refractivity contribution is -0.118. The zero-order chi connectivity index (χ0) is 30.2. The number of thioether (sulfide) groups is 1. The van der Waals surface area contributed by atoms with Crippen molar-refractivity contribution in [1.29, 1.82) is 5.26 Å². The van der Waals surface area contributed by atoms with Crippen LogP contribution in [0, 0.1) is 22.6 Å². The quantitative estimate of drug-likeness (QED) is 0.295. The lowest BCUT2D eigenvalue weighted by Crippen LogP contribution is -2.42. The summed E-state index contributed by atoms with van der Waals surface area (Å²) in [5.74, 6) is -0.947. The number of hydrogen-bond acceptors (Lipinski definition) is 9. The van der Waals surface area contributed by atoms with Crippen molar-refractivity contribution in [2.45, 2.75) is 56.7 Å². The highest BCUT2D eigenvalue weighted by atomic mass is 32.2. The van der Waals surface area contributed by atoms with Crippen LogP contribution in [0.15, 0.2) is 75.5 Å². The molecule has 42 heavy (non-hydrogen) atoms. The lowest BCUT2D eigenvalue weighted by Gasteiger charge is -2.42. The van der Waals surface area contributed by atoms with Crippen LogP contribution in [-0.4, -0.2) is 27.6 Å². The number of nitriles is 1. The van der Waals surface area contributed by atoms with Gasteiger partial charge in [0, 0.05) is 17.7 Å². The van der Waals surface area contributed by atoms with Crippen molar-refractivity contribution >= 4 is 45.6 Å². The monoisotopic (exact) mass is 602 g/mol. The number of aromatic nitrogens is 2. The van der Waals surface area contributed by atoms with E-state index in [0.717, 1.165) is 23.0 Å². The molecule has 2 heterocycles. The summed E-state index contributed by atoms with van der Waals surface area (Å²) < 4.78 is 14.4. The number of halogens is 1. The van der Waals surface area contributed by atoms with Crippen molar-refractivity contribution in [3.05, 3.63) is 88.1 Å². The van der Waals surface area contributed by atoms with Gasteiger partial charge in [-0.05, 0) is 41.0 Å². The first-order valence-corrected chi connectivity index (χ1v) is 15.4. The zero-order valence-electron chi connectivity index (χ0n) is 23.8. The number of carbonyl (C=O) groups excluding carboxylic acids is 2. The van der Waals surface area contributed by atoms with Gasteiger partial charge in [-0.1, -0.05) is 87.2 Å². The third kappa shape index (κ3) is 5.82. The predicted molar refractivity (Wildman–Crippen MR) is 163 cm³/mol. The summed E-state index contributed by atoms with van der Waals surface area (Å²) in [5, 5.41) is 21.9. The number of allylic oxidation sites excluding steroid dienone is 3. The van der Waals surface area contributed by atoms with E-state index in [0.29, 0.717) is 33.8 Å². The third-order valence-electron chi connectivity index (χ3n) is 7.38. The Morgan fingerprint density at radius 3 is 2.60 bits per heavy atom. The predicted octanol–water partition coefficient (Wildman–Crippen LogP) is 6.47.